The van der Waals surface area contributed by atoms with E-state index in [0.717, 1.165) is 17.0 Å². The zero-order valence-corrected chi connectivity index (χ0v) is 12.7. The van der Waals surface area contributed by atoms with Gasteiger partial charge in [-0.25, -0.2) is 4.39 Å². The van der Waals surface area contributed by atoms with Crippen LogP contribution in [0, 0.1) is 5.82 Å². The van der Waals surface area contributed by atoms with Crippen LogP contribution in [-0.2, 0) is 6.54 Å². The molecule has 0 aliphatic carbocycles. The zero-order valence-electron chi connectivity index (χ0n) is 11.2. The van der Waals surface area contributed by atoms with Crippen molar-refractivity contribution in [3.8, 4) is 5.75 Å². The molecule has 0 spiro atoms. The fraction of sp³-hybridized carbons (Fsp3) is 0.125. The van der Waals surface area contributed by atoms with E-state index in [9.17, 15) is 4.39 Å². The molecule has 0 radical (unpaired) electrons. The van der Waals surface area contributed by atoms with E-state index >= 15 is 0 Å². The Bertz CT molecular complexity index is 646. The topological polar surface area (TPSA) is 21.3 Å². The number of rotatable bonds is 6. The highest BCUT2D eigenvalue weighted by molar-refractivity contribution is 6.31. The second-order valence-electron chi connectivity index (χ2n) is 4.33. The van der Waals surface area contributed by atoms with Crippen LogP contribution >= 0.6 is 23.2 Å². The lowest BCUT2D eigenvalue weighted by molar-refractivity contribution is 0.359. The van der Waals surface area contributed by atoms with Crippen LogP contribution in [0.2, 0.25) is 10.0 Å². The molecule has 1 N–H and O–H groups in total. The first-order valence-electron chi connectivity index (χ1n) is 6.31. The van der Waals surface area contributed by atoms with E-state index in [2.05, 4.69) is 11.9 Å². The third-order valence-corrected chi connectivity index (χ3v) is 3.31. The van der Waals surface area contributed by atoms with Crippen molar-refractivity contribution in [2.45, 2.75) is 6.54 Å². The van der Waals surface area contributed by atoms with Crippen molar-refractivity contribution in [3.63, 3.8) is 0 Å². The van der Waals surface area contributed by atoms with Crippen LogP contribution < -0.4 is 10.1 Å². The number of hydrogen-bond acceptors (Lipinski definition) is 2. The third kappa shape index (κ3) is 4.38. The highest BCUT2D eigenvalue weighted by Crippen LogP contribution is 2.25. The number of ether oxygens (including phenoxy) is 1. The lowest BCUT2D eigenvalue weighted by atomic mass is 10.2. The minimum atomic E-state index is -0.444. The first-order chi connectivity index (χ1) is 10.1. The Morgan fingerprint density at radius 1 is 1.19 bits per heavy atom. The summed E-state index contributed by atoms with van der Waals surface area (Å²) in [5.41, 5.74) is 1.61. The molecule has 2 aromatic carbocycles. The van der Waals surface area contributed by atoms with Crippen LogP contribution in [0.25, 0.3) is 0 Å². The number of nitrogens with one attached hydrogen (secondary N) is 1. The summed E-state index contributed by atoms with van der Waals surface area (Å²) >= 11 is 11.8. The summed E-state index contributed by atoms with van der Waals surface area (Å²) in [5, 5.41) is 3.86. The van der Waals surface area contributed by atoms with Crippen molar-refractivity contribution in [1.82, 2.24) is 0 Å². The van der Waals surface area contributed by atoms with E-state index in [1.807, 2.05) is 6.07 Å². The Morgan fingerprint density at radius 2 is 2.00 bits per heavy atom. The molecule has 0 amide bonds. The molecule has 0 unspecified atom stereocenters. The molecule has 2 rings (SSSR count). The Kier molecular flexibility index (Phi) is 5.48. The highest BCUT2D eigenvalue weighted by Gasteiger charge is 2.06. The number of halogens is 3. The molecule has 0 aliphatic heterocycles. The van der Waals surface area contributed by atoms with Crippen molar-refractivity contribution in [2.24, 2.45) is 0 Å². The van der Waals surface area contributed by atoms with Gasteiger partial charge in [0, 0.05) is 22.8 Å². The molecule has 0 bridgehead atoms. The van der Waals surface area contributed by atoms with Crippen molar-refractivity contribution >= 4 is 28.9 Å². The summed E-state index contributed by atoms with van der Waals surface area (Å²) in [5.74, 6) is 0.278. The lowest BCUT2D eigenvalue weighted by Gasteiger charge is -2.12. The Balaban J connectivity index is 2.12. The standard InChI is InChI=1S/C16H14Cl2FNO/c1-2-7-21-16-6-3-12(17)8-11(16)10-20-13-4-5-15(19)14(18)9-13/h2-6,8-9,20H,1,7,10H2. The maximum absolute atomic E-state index is 13.1. The van der Waals surface area contributed by atoms with E-state index in [4.69, 9.17) is 27.9 Å². The minimum absolute atomic E-state index is 0.0780. The smallest absolute Gasteiger partial charge is 0.141 e. The fourth-order valence-electron chi connectivity index (χ4n) is 1.78. The average Bonchev–Trinajstić information content (AvgIpc) is 2.47. The molecule has 0 saturated heterocycles. The summed E-state index contributed by atoms with van der Waals surface area (Å²) < 4.78 is 18.7. The molecule has 5 heteroatoms. The predicted molar refractivity (Wildman–Crippen MR) is 85.9 cm³/mol. The molecule has 0 atom stereocenters. The van der Waals surface area contributed by atoms with Gasteiger partial charge in [0.1, 0.15) is 18.2 Å². The monoisotopic (exact) mass is 325 g/mol. The van der Waals surface area contributed by atoms with Gasteiger partial charge in [0.05, 0.1) is 5.02 Å². The summed E-state index contributed by atoms with van der Waals surface area (Å²) in [6.45, 7) is 4.51. The van der Waals surface area contributed by atoms with Gasteiger partial charge in [-0.05, 0) is 36.4 Å². The summed E-state index contributed by atoms with van der Waals surface area (Å²) in [4.78, 5) is 0. The van der Waals surface area contributed by atoms with Crippen LogP contribution in [0.3, 0.4) is 0 Å². The average molecular weight is 326 g/mol. The molecule has 0 aliphatic rings. The largest absolute Gasteiger partial charge is 0.489 e. The van der Waals surface area contributed by atoms with Gasteiger partial charge in [-0.2, -0.15) is 0 Å². The molecule has 0 fully saturated rings. The summed E-state index contributed by atoms with van der Waals surface area (Å²) in [7, 11) is 0. The second kappa shape index (κ2) is 7.34. The van der Waals surface area contributed by atoms with E-state index in [-0.39, 0.29) is 5.02 Å². The van der Waals surface area contributed by atoms with E-state index in [0.29, 0.717) is 18.2 Å². The predicted octanol–water partition coefficient (Wildman–Crippen LogP) is 5.31. The van der Waals surface area contributed by atoms with Crippen LogP contribution in [0.1, 0.15) is 5.56 Å². The van der Waals surface area contributed by atoms with Crippen LogP contribution in [0.5, 0.6) is 5.75 Å². The molecule has 0 saturated carbocycles. The first-order valence-corrected chi connectivity index (χ1v) is 7.07. The number of anilines is 1. The van der Waals surface area contributed by atoms with Gasteiger partial charge in [0.25, 0.3) is 0 Å². The minimum Gasteiger partial charge on any atom is -0.489 e. The summed E-state index contributed by atoms with van der Waals surface area (Å²) in [6, 6.07) is 9.86. The quantitative estimate of drug-likeness (QED) is 0.727. The molecular formula is C16H14Cl2FNO. The molecule has 0 heterocycles. The van der Waals surface area contributed by atoms with Crippen molar-refractivity contribution in [1.29, 1.82) is 0 Å². The molecule has 2 nitrogen and oxygen atoms in total. The Hall–Kier alpha value is -1.71. The van der Waals surface area contributed by atoms with Crippen molar-refractivity contribution < 1.29 is 9.13 Å². The molecule has 110 valence electrons. The van der Waals surface area contributed by atoms with Crippen molar-refractivity contribution in [2.75, 3.05) is 11.9 Å². The van der Waals surface area contributed by atoms with Crippen LogP contribution in [0.4, 0.5) is 10.1 Å². The van der Waals surface area contributed by atoms with Crippen LogP contribution in [-0.4, -0.2) is 6.61 Å². The number of benzene rings is 2. The molecule has 21 heavy (non-hydrogen) atoms. The van der Waals surface area contributed by atoms with Crippen LogP contribution in [0.15, 0.2) is 49.1 Å². The highest BCUT2D eigenvalue weighted by atomic mass is 35.5. The van der Waals surface area contributed by atoms with Gasteiger partial charge in [-0.15, -0.1) is 0 Å². The van der Waals surface area contributed by atoms with Gasteiger partial charge >= 0.3 is 0 Å². The van der Waals surface area contributed by atoms with Gasteiger partial charge in [-0.3, -0.25) is 0 Å². The maximum atomic E-state index is 13.1. The van der Waals surface area contributed by atoms with Crippen molar-refractivity contribution in [3.05, 3.63) is 70.5 Å². The lowest BCUT2D eigenvalue weighted by Crippen LogP contribution is -2.03. The second-order valence-corrected chi connectivity index (χ2v) is 5.18. The fourth-order valence-corrected chi connectivity index (χ4v) is 2.15. The van der Waals surface area contributed by atoms with E-state index < -0.39 is 5.82 Å². The van der Waals surface area contributed by atoms with Gasteiger partial charge in [0.15, 0.2) is 0 Å². The van der Waals surface area contributed by atoms with Gasteiger partial charge < -0.3 is 10.1 Å². The summed E-state index contributed by atoms with van der Waals surface area (Å²) in [6.07, 6.45) is 1.67. The Labute approximate surface area is 133 Å². The maximum Gasteiger partial charge on any atom is 0.141 e. The SMILES string of the molecule is C=CCOc1ccc(Cl)cc1CNc1ccc(F)c(Cl)c1. The molecule has 0 aromatic heterocycles. The zero-order chi connectivity index (χ0) is 15.2. The molecule has 2 aromatic rings. The van der Waals surface area contributed by atoms with Gasteiger partial charge in [0.2, 0.25) is 0 Å². The first kappa shape index (κ1) is 15.7. The Morgan fingerprint density at radius 3 is 2.71 bits per heavy atom. The number of hydrogen-bond donors (Lipinski definition) is 1. The van der Waals surface area contributed by atoms with E-state index in [1.54, 1.807) is 24.3 Å². The normalized spacial score (nSPS) is 10.2. The van der Waals surface area contributed by atoms with E-state index in [1.165, 1.54) is 12.1 Å². The van der Waals surface area contributed by atoms with Gasteiger partial charge in [-0.1, -0.05) is 35.9 Å². The molecular weight excluding hydrogens is 312 g/mol. The third-order valence-electron chi connectivity index (χ3n) is 2.78.